The second kappa shape index (κ2) is 11.7. The van der Waals surface area contributed by atoms with Crippen molar-refractivity contribution < 1.29 is 27.1 Å². The predicted molar refractivity (Wildman–Crippen MR) is 137 cm³/mol. The number of ether oxygens (including phenoxy) is 2. The minimum atomic E-state index is -4.25. The lowest BCUT2D eigenvalue weighted by molar-refractivity contribution is -0.119. The van der Waals surface area contributed by atoms with E-state index in [0.29, 0.717) is 11.7 Å². The normalized spacial score (nSPS) is 11.5. The van der Waals surface area contributed by atoms with Gasteiger partial charge in [0.05, 0.1) is 31.0 Å². The number of hydrogen-bond donors (Lipinski definition) is 1. The molecule has 0 heterocycles. The highest BCUT2D eigenvalue weighted by Gasteiger charge is 2.28. The minimum absolute atomic E-state index is 0.106. The number of amides is 1. The molecule has 0 spiro atoms. The SMILES string of the molecule is COc1ccc(S(=O)(=O)N(CC(=O)N/N=C\c2ccc(C(C)C)cc2)c2ccc(F)cc2)cc1OC. The summed E-state index contributed by atoms with van der Waals surface area (Å²) in [5.74, 6) is -0.285. The lowest BCUT2D eigenvalue weighted by atomic mass is 10.0. The number of anilines is 1. The van der Waals surface area contributed by atoms with Crippen LogP contribution in [0.2, 0.25) is 0 Å². The van der Waals surface area contributed by atoms with Crippen molar-refractivity contribution in [3.63, 3.8) is 0 Å². The van der Waals surface area contributed by atoms with Crippen LogP contribution in [0.1, 0.15) is 30.9 Å². The smallest absolute Gasteiger partial charge is 0.264 e. The molecule has 0 unspecified atom stereocenters. The number of hydrazone groups is 1. The lowest BCUT2D eigenvalue weighted by Gasteiger charge is -2.24. The minimum Gasteiger partial charge on any atom is -0.493 e. The lowest BCUT2D eigenvalue weighted by Crippen LogP contribution is -2.39. The van der Waals surface area contributed by atoms with Crippen molar-refractivity contribution in [2.75, 3.05) is 25.1 Å². The van der Waals surface area contributed by atoms with Gasteiger partial charge in [0.15, 0.2) is 11.5 Å². The molecule has 0 atom stereocenters. The molecular formula is C26H28FN3O5S. The average Bonchev–Trinajstić information content (AvgIpc) is 2.87. The Kier molecular flexibility index (Phi) is 8.65. The summed E-state index contributed by atoms with van der Waals surface area (Å²) in [5.41, 5.74) is 4.40. The van der Waals surface area contributed by atoms with Crippen LogP contribution in [-0.4, -0.2) is 41.3 Å². The number of halogens is 1. The van der Waals surface area contributed by atoms with Gasteiger partial charge in [0.1, 0.15) is 12.4 Å². The summed E-state index contributed by atoms with van der Waals surface area (Å²) in [5, 5.41) is 3.94. The molecule has 10 heteroatoms. The number of nitrogens with one attached hydrogen (secondary N) is 1. The number of benzene rings is 3. The summed E-state index contributed by atoms with van der Waals surface area (Å²) in [6.45, 7) is 3.59. The van der Waals surface area contributed by atoms with Crippen LogP contribution >= 0.6 is 0 Å². The van der Waals surface area contributed by atoms with E-state index in [1.54, 1.807) is 0 Å². The predicted octanol–water partition coefficient (Wildman–Crippen LogP) is 4.31. The van der Waals surface area contributed by atoms with Gasteiger partial charge in [-0.1, -0.05) is 38.1 Å². The highest BCUT2D eigenvalue weighted by molar-refractivity contribution is 7.92. The fraction of sp³-hybridized carbons (Fsp3) is 0.231. The van der Waals surface area contributed by atoms with Gasteiger partial charge in [0.2, 0.25) is 0 Å². The van der Waals surface area contributed by atoms with Crippen molar-refractivity contribution in [3.8, 4) is 11.5 Å². The van der Waals surface area contributed by atoms with Crippen LogP contribution in [0.5, 0.6) is 11.5 Å². The maximum absolute atomic E-state index is 13.5. The number of rotatable bonds is 10. The quantitative estimate of drug-likeness (QED) is 0.322. The van der Waals surface area contributed by atoms with Crippen LogP contribution in [-0.2, 0) is 14.8 Å². The van der Waals surface area contributed by atoms with Crippen molar-refractivity contribution in [2.45, 2.75) is 24.7 Å². The molecule has 1 N–H and O–H groups in total. The Morgan fingerprint density at radius 3 is 2.22 bits per heavy atom. The Morgan fingerprint density at radius 1 is 1.00 bits per heavy atom. The monoisotopic (exact) mass is 513 g/mol. The van der Waals surface area contributed by atoms with E-state index in [0.717, 1.165) is 22.0 Å². The third-order valence-corrected chi connectivity index (χ3v) is 7.12. The number of sulfonamides is 1. The van der Waals surface area contributed by atoms with Crippen molar-refractivity contribution in [2.24, 2.45) is 5.10 Å². The molecule has 1 amide bonds. The first-order valence-electron chi connectivity index (χ1n) is 11.1. The zero-order chi connectivity index (χ0) is 26.3. The maximum atomic E-state index is 13.5. The van der Waals surface area contributed by atoms with E-state index in [9.17, 15) is 17.6 Å². The van der Waals surface area contributed by atoms with Gasteiger partial charge in [-0.25, -0.2) is 18.2 Å². The maximum Gasteiger partial charge on any atom is 0.264 e. The summed E-state index contributed by atoms with van der Waals surface area (Å²) in [7, 11) is -1.43. The molecule has 0 radical (unpaired) electrons. The Morgan fingerprint density at radius 2 is 1.64 bits per heavy atom. The van der Waals surface area contributed by atoms with Gasteiger partial charge in [0, 0.05) is 6.07 Å². The van der Waals surface area contributed by atoms with Crippen LogP contribution in [0.25, 0.3) is 0 Å². The molecule has 0 aliphatic rings. The molecular weight excluding hydrogens is 485 g/mol. The fourth-order valence-electron chi connectivity index (χ4n) is 3.34. The molecule has 0 saturated carbocycles. The van der Waals surface area contributed by atoms with Gasteiger partial charge in [-0.2, -0.15) is 5.10 Å². The zero-order valence-corrected chi connectivity index (χ0v) is 21.3. The number of nitrogens with zero attached hydrogens (tertiary/aromatic N) is 2. The van der Waals surface area contributed by atoms with Crippen LogP contribution in [0.15, 0.2) is 76.7 Å². The molecule has 0 bridgehead atoms. The second-order valence-electron chi connectivity index (χ2n) is 8.12. The number of methoxy groups -OCH3 is 2. The number of hydrogen-bond acceptors (Lipinski definition) is 6. The van der Waals surface area contributed by atoms with Crippen LogP contribution < -0.4 is 19.2 Å². The van der Waals surface area contributed by atoms with Gasteiger partial charge < -0.3 is 9.47 Å². The summed E-state index contributed by atoms with van der Waals surface area (Å²) in [6, 6.07) is 16.6. The van der Waals surface area contributed by atoms with E-state index in [2.05, 4.69) is 24.4 Å². The first-order valence-corrected chi connectivity index (χ1v) is 12.5. The topological polar surface area (TPSA) is 97.3 Å². The van der Waals surface area contributed by atoms with E-state index in [4.69, 9.17) is 9.47 Å². The largest absolute Gasteiger partial charge is 0.493 e. The Balaban J connectivity index is 1.85. The van der Waals surface area contributed by atoms with Gasteiger partial charge >= 0.3 is 0 Å². The van der Waals surface area contributed by atoms with E-state index < -0.39 is 28.3 Å². The standard InChI is InChI=1S/C26H28FN3O5S/c1-18(2)20-7-5-19(6-8-20)16-28-29-26(31)17-30(22-11-9-21(27)10-12-22)36(32,33)23-13-14-24(34-3)25(15-23)35-4/h5-16,18H,17H2,1-4H3,(H,29,31)/b28-16-. The van der Waals surface area contributed by atoms with Crippen LogP contribution in [0.4, 0.5) is 10.1 Å². The molecule has 0 saturated heterocycles. The van der Waals surface area contributed by atoms with Crippen molar-refractivity contribution in [3.05, 3.63) is 83.7 Å². The third kappa shape index (κ3) is 6.39. The second-order valence-corrected chi connectivity index (χ2v) is 9.98. The van der Waals surface area contributed by atoms with E-state index in [1.807, 2.05) is 24.3 Å². The van der Waals surface area contributed by atoms with Crippen molar-refractivity contribution in [1.82, 2.24) is 5.43 Å². The highest BCUT2D eigenvalue weighted by Crippen LogP contribution is 2.32. The number of carbonyl (C=O) groups excluding carboxylic acids is 1. The van der Waals surface area contributed by atoms with E-state index in [-0.39, 0.29) is 16.3 Å². The molecule has 190 valence electrons. The molecule has 36 heavy (non-hydrogen) atoms. The van der Waals surface area contributed by atoms with Gasteiger partial charge in [-0.05, 0) is 53.4 Å². The molecule has 3 aromatic rings. The molecule has 0 aromatic heterocycles. The Bertz CT molecular complexity index is 1320. The molecule has 8 nitrogen and oxygen atoms in total. The van der Waals surface area contributed by atoms with Gasteiger partial charge in [-0.15, -0.1) is 0 Å². The van der Waals surface area contributed by atoms with Gasteiger partial charge in [-0.3, -0.25) is 9.10 Å². The van der Waals surface area contributed by atoms with Crippen molar-refractivity contribution >= 4 is 27.8 Å². The Labute approximate surface area is 210 Å². The number of carbonyl (C=O) groups is 1. The summed E-state index contributed by atoms with van der Waals surface area (Å²) >= 11 is 0. The van der Waals surface area contributed by atoms with E-state index >= 15 is 0 Å². The highest BCUT2D eigenvalue weighted by atomic mass is 32.2. The fourth-order valence-corrected chi connectivity index (χ4v) is 4.78. The van der Waals surface area contributed by atoms with Gasteiger partial charge in [0.25, 0.3) is 15.9 Å². The summed E-state index contributed by atoms with van der Waals surface area (Å²) in [6.07, 6.45) is 1.47. The molecule has 3 aromatic carbocycles. The molecule has 0 aliphatic heterocycles. The van der Waals surface area contributed by atoms with E-state index in [1.165, 1.54) is 56.3 Å². The van der Waals surface area contributed by atoms with Crippen LogP contribution in [0, 0.1) is 5.82 Å². The summed E-state index contributed by atoms with van der Waals surface area (Å²) in [4.78, 5) is 12.5. The molecule has 0 aliphatic carbocycles. The van der Waals surface area contributed by atoms with Crippen LogP contribution in [0.3, 0.4) is 0 Å². The Hall–Kier alpha value is -3.92. The van der Waals surface area contributed by atoms with Crippen molar-refractivity contribution in [1.29, 1.82) is 0 Å². The first kappa shape index (κ1) is 26.7. The third-order valence-electron chi connectivity index (χ3n) is 5.35. The zero-order valence-electron chi connectivity index (χ0n) is 20.4. The molecule has 0 fully saturated rings. The first-order chi connectivity index (χ1) is 17.1. The summed E-state index contributed by atoms with van der Waals surface area (Å²) < 4.78 is 51.8. The molecule has 3 rings (SSSR count). The average molecular weight is 514 g/mol.